The SMILES string of the molecule is CC1=C(Br)C(=O)C(Br)=C(C)C1=N/C(=N/S(=O)(=O)c1ccccc1)c1ccc(Cl)cc1. The number of carbonyl (C=O) groups is 1. The third-order valence-corrected chi connectivity index (χ3v) is 7.78. The van der Waals surface area contributed by atoms with Gasteiger partial charge < -0.3 is 0 Å². The zero-order valence-electron chi connectivity index (χ0n) is 15.9. The predicted octanol–water partition coefficient (Wildman–Crippen LogP) is 5.84. The number of amidine groups is 1. The number of ketones is 1. The maximum atomic E-state index is 12.9. The molecule has 0 fully saturated rings. The summed E-state index contributed by atoms with van der Waals surface area (Å²) in [6.45, 7) is 3.46. The third kappa shape index (κ3) is 4.72. The van der Waals surface area contributed by atoms with E-state index in [-0.39, 0.29) is 16.5 Å². The van der Waals surface area contributed by atoms with Crippen molar-refractivity contribution in [3.63, 3.8) is 0 Å². The Bertz CT molecular complexity index is 1220. The predicted molar refractivity (Wildman–Crippen MR) is 127 cm³/mol. The van der Waals surface area contributed by atoms with Crippen LogP contribution in [0.5, 0.6) is 0 Å². The lowest BCUT2D eigenvalue weighted by Crippen LogP contribution is -2.19. The molecule has 2 aromatic carbocycles. The summed E-state index contributed by atoms with van der Waals surface area (Å²) in [4.78, 5) is 16.9. The Morgan fingerprint density at radius 2 is 1.43 bits per heavy atom. The van der Waals surface area contributed by atoms with Crippen molar-refractivity contribution >= 4 is 70.8 Å². The highest BCUT2D eigenvalue weighted by Gasteiger charge is 2.27. The molecule has 2 aromatic rings. The highest BCUT2D eigenvalue weighted by molar-refractivity contribution is 9.13. The van der Waals surface area contributed by atoms with Gasteiger partial charge in [0.2, 0.25) is 5.78 Å². The molecule has 0 saturated carbocycles. The number of rotatable bonds is 3. The van der Waals surface area contributed by atoms with E-state index in [0.717, 1.165) is 0 Å². The summed E-state index contributed by atoms with van der Waals surface area (Å²) in [5.74, 6) is -0.218. The van der Waals surface area contributed by atoms with E-state index < -0.39 is 10.0 Å². The van der Waals surface area contributed by atoms with Gasteiger partial charge in [-0.15, -0.1) is 4.40 Å². The van der Waals surface area contributed by atoms with Crippen molar-refractivity contribution in [2.24, 2.45) is 9.39 Å². The molecule has 0 radical (unpaired) electrons. The first-order chi connectivity index (χ1) is 14.1. The molecule has 1 aliphatic rings. The summed E-state index contributed by atoms with van der Waals surface area (Å²) in [5, 5.41) is 0.498. The summed E-state index contributed by atoms with van der Waals surface area (Å²) in [7, 11) is -4.02. The number of allylic oxidation sites excluding steroid dienone is 4. The average Bonchev–Trinajstić information content (AvgIpc) is 2.74. The van der Waals surface area contributed by atoms with Crippen LogP contribution in [0.15, 0.2) is 89.0 Å². The highest BCUT2D eigenvalue weighted by atomic mass is 79.9. The van der Waals surface area contributed by atoms with E-state index >= 15 is 0 Å². The molecule has 0 heterocycles. The van der Waals surface area contributed by atoms with Gasteiger partial charge >= 0.3 is 0 Å². The van der Waals surface area contributed by atoms with Crippen LogP contribution in [0.2, 0.25) is 5.02 Å². The van der Waals surface area contributed by atoms with Gasteiger partial charge in [-0.25, -0.2) is 4.99 Å². The normalized spacial score (nSPS) is 15.7. The molecule has 0 amide bonds. The molecule has 9 heteroatoms. The molecular formula is C21H15Br2ClN2O3S. The molecule has 0 aliphatic heterocycles. The lowest BCUT2D eigenvalue weighted by molar-refractivity contribution is -0.111. The molecule has 0 saturated heterocycles. The van der Waals surface area contributed by atoms with Gasteiger partial charge in [-0.3, -0.25) is 4.79 Å². The second-order valence-corrected chi connectivity index (χ2v) is 10.0. The summed E-state index contributed by atoms with van der Waals surface area (Å²) in [6.07, 6.45) is 0. The van der Waals surface area contributed by atoms with E-state index in [1.54, 1.807) is 56.3 Å². The fourth-order valence-corrected chi connectivity index (χ4v) is 4.84. The van der Waals surface area contributed by atoms with Gasteiger partial charge in [-0.1, -0.05) is 29.8 Å². The minimum absolute atomic E-state index is 0.0147. The molecule has 30 heavy (non-hydrogen) atoms. The standard InChI is InChI=1S/C21H15Br2ClN2O3S/c1-12-17(22)20(27)18(23)13(2)19(12)25-21(14-8-10-15(24)11-9-14)26-30(28,29)16-6-4-3-5-7-16/h3-11H,1-2H3/b26-21+. The molecule has 0 aromatic heterocycles. The maximum Gasteiger partial charge on any atom is 0.284 e. The van der Waals surface area contributed by atoms with Crippen LogP contribution in [-0.2, 0) is 14.8 Å². The number of benzene rings is 2. The summed E-state index contributed by atoms with van der Waals surface area (Å²) >= 11 is 12.6. The third-order valence-electron chi connectivity index (χ3n) is 4.34. The van der Waals surface area contributed by atoms with Gasteiger partial charge in [-0.2, -0.15) is 8.42 Å². The first kappa shape index (κ1) is 22.8. The van der Waals surface area contributed by atoms with Crippen molar-refractivity contribution < 1.29 is 13.2 Å². The second-order valence-electron chi connectivity index (χ2n) is 6.38. The van der Waals surface area contributed by atoms with E-state index in [0.29, 0.717) is 36.4 Å². The first-order valence-electron chi connectivity index (χ1n) is 8.64. The second kappa shape index (κ2) is 9.09. The molecule has 0 N–H and O–H groups in total. The van der Waals surface area contributed by atoms with E-state index in [4.69, 9.17) is 11.6 Å². The van der Waals surface area contributed by atoms with Crippen molar-refractivity contribution in [1.29, 1.82) is 0 Å². The highest BCUT2D eigenvalue weighted by Crippen LogP contribution is 2.32. The average molecular weight is 571 g/mol. The van der Waals surface area contributed by atoms with Gasteiger partial charge in [-0.05, 0) is 93.3 Å². The van der Waals surface area contributed by atoms with Gasteiger partial charge in [0.15, 0.2) is 5.84 Å². The fourth-order valence-electron chi connectivity index (χ4n) is 2.70. The monoisotopic (exact) mass is 568 g/mol. The molecule has 0 unspecified atom stereocenters. The minimum Gasteiger partial charge on any atom is -0.287 e. The Morgan fingerprint density at radius 1 is 0.900 bits per heavy atom. The lowest BCUT2D eigenvalue weighted by atomic mass is 9.97. The molecule has 0 atom stereocenters. The molecule has 3 rings (SSSR count). The van der Waals surface area contributed by atoms with Crippen LogP contribution in [0.25, 0.3) is 0 Å². The van der Waals surface area contributed by atoms with Crippen molar-refractivity contribution in [1.82, 2.24) is 0 Å². The molecule has 1 aliphatic carbocycles. The fraction of sp³-hybridized carbons (Fsp3) is 0.0952. The van der Waals surface area contributed by atoms with Gasteiger partial charge in [0.25, 0.3) is 10.0 Å². The molecule has 5 nitrogen and oxygen atoms in total. The number of nitrogens with zero attached hydrogens (tertiary/aromatic N) is 2. The Balaban J connectivity index is 2.25. The number of hydrogen-bond donors (Lipinski definition) is 0. The zero-order chi connectivity index (χ0) is 22.1. The van der Waals surface area contributed by atoms with Crippen LogP contribution < -0.4 is 0 Å². The van der Waals surface area contributed by atoms with E-state index in [2.05, 4.69) is 41.3 Å². The number of carbonyl (C=O) groups excluding carboxylic acids is 1. The van der Waals surface area contributed by atoms with Crippen LogP contribution in [-0.4, -0.2) is 25.7 Å². The first-order valence-corrected chi connectivity index (χ1v) is 12.0. The molecule has 0 spiro atoms. The van der Waals surface area contributed by atoms with E-state index in [1.807, 2.05) is 0 Å². The van der Waals surface area contributed by atoms with Crippen molar-refractivity contribution in [3.05, 3.63) is 85.3 Å². The van der Waals surface area contributed by atoms with Crippen molar-refractivity contribution in [3.8, 4) is 0 Å². The zero-order valence-corrected chi connectivity index (χ0v) is 20.6. The Kier molecular flexibility index (Phi) is 6.91. The quantitative estimate of drug-likeness (QED) is 0.265. The van der Waals surface area contributed by atoms with Crippen molar-refractivity contribution in [2.45, 2.75) is 18.7 Å². The smallest absolute Gasteiger partial charge is 0.284 e. The van der Waals surface area contributed by atoms with Crippen LogP contribution in [0.4, 0.5) is 0 Å². The van der Waals surface area contributed by atoms with Gasteiger partial charge in [0.05, 0.1) is 19.6 Å². The molecular weight excluding hydrogens is 556 g/mol. The number of aliphatic imine (C=N–C) groups is 1. The summed E-state index contributed by atoms with van der Waals surface area (Å²) in [5.41, 5.74) is 2.08. The Labute approximate surface area is 196 Å². The van der Waals surface area contributed by atoms with Crippen LogP contribution in [0, 0.1) is 0 Å². The topological polar surface area (TPSA) is 75.9 Å². The largest absolute Gasteiger partial charge is 0.287 e. The number of halogens is 3. The van der Waals surface area contributed by atoms with Crippen molar-refractivity contribution in [2.75, 3.05) is 0 Å². The van der Waals surface area contributed by atoms with Gasteiger partial charge in [0, 0.05) is 10.6 Å². The van der Waals surface area contributed by atoms with Crippen LogP contribution >= 0.6 is 43.5 Å². The Morgan fingerprint density at radius 3 is 1.97 bits per heavy atom. The number of sulfonamides is 1. The molecule has 0 bridgehead atoms. The van der Waals surface area contributed by atoms with E-state index in [9.17, 15) is 13.2 Å². The number of Topliss-reactive ketones (excluding diaryl/α,β-unsaturated/α-hetero) is 1. The van der Waals surface area contributed by atoms with E-state index in [1.165, 1.54) is 12.1 Å². The minimum atomic E-state index is -4.02. The van der Waals surface area contributed by atoms with Gasteiger partial charge in [0.1, 0.15) is 0 Å². The summed E-state index contributed by atoms with van der Waals surface area (Å²) in [6, 6.07) is 14.4. The Hall–Kier alpha value is -1.87. The van der Waals surface area contributed by atoms with Crippen LogP contribution in [0.3, 0.4) is 0 Å². The lowest BCUT2D eigenvalue weighted by Gasteiger charge is -2.18. The number of hydrogen-bond acceptors (Lipinski definition) is 3. The maximum absolute atomic E-state index is 12.9. The molecule has 154 valence electrons. The van der Waals surface area contributed by atoms with Crippen LogP contribution in [0.1, 0.15) is 19.4 Å². The summed E-state index contributed by atoms with van der Waals surface area (Å²) < 4.78 is 30.5.